The highest BCUT2D eigenvalue weighted by Crippen LogP contribution is 2.22. The molecule has 2 amide bonds. The Bertz CT molecular complexity index is 583. The first-order valence-electron chi connectivity index (χ1n) is 8.77. The highest BCUT2D eigenvalue weighted by molar-refractivity contribution is 5.95. The second kappa shape index (κ2) is 13.6. The van der Waals surface area contributed by atoms with Gasteiger partial charge in [-0.05, 0) is 18.6 Å². The number of hydrogen-bond donors (Lipinski definition) is 2. The van der Waals surface area contributed by atoms with Crippen LogP contribution in [0.25, 0.3) is 0 Å². The summed E-state index contributed by atoms with van der Waals surface area (Å²) in [7, 11) is 1.56. The summed E-state index contributed by atoms with van der Waals surface area (Å²) in [6.45, 7) is 6.51. The molecule has 0 aliphatic carbocycles. The number of piperazine rings is 1. The van der Waals surface area contributed by atoms with Crippen molar-refractivity contribution in [1.82, 2.24) is 15.1 Å². The first-order valence-corrected chi connectivity index (χ1v) is 8.77. The third kappa shape index (κ3) is 8.34. The number of rotatable bonds is 8. The Kier molecular flexibility index (Phi) is 12.8. The average molecular weight is 421 g/mol. The van der Waals surface area contributed by atoms with Gasteiger partial charge >= 0.3 is 0 Å². The monoisotopic (exact) mass is 420 g/mol. The molecule has 9 heteroatoms. The third-order valence-electron chi connectivity index (χ3n) is 4.13. The quantitative estimate of drug-likeness (QED) is 0.668. The fourth-order valence-corrected chi connectivity index (χ4v) is 2.83. The number of anilines is 1. The van der Waals surface area contributed by atoms with Crippen molar-refractivity contribution in [2.45, 2.75) is 13.3 Å². The Morgan fingerprint density at radius 3 is 2.52 bits per heavy atom. The van der Waals surface area contributed by atoms with Crippen LogP contribution in [0.1, 0.15) is 13.3 Å². The minimum absolute atomic E-state index is 0. The molecule has 154 valence electrons. The number of ether oxygens (including phenoxy) is 1. The third-order valence-corrected chi connectivity index (χ3v) is 4.13. The maximum absolute atomic E-state index is 12.6. The van der Waals surface area contributed by atoms with Crippen LogP contribution in [0.3, 0.4) is 0 Å². The zero-order valence-corrected chi connectivity index (χ0v) is 17.5. The van der Waals surface area contributed by atoms with Gasteiger partial charge in [-0.3, -0.25) is 14.5 Å². The van der Waals surface area contributed by atoms with E-state index in [0.717, 1.165) is 32.6 Å². The Hall–Kier alpha value is -1.54. The van der Waals surface area contributed by atoms with Gasteiger partial charge < -0.3 is 20.3 Å². The number of halogens is 2. The van der Waals surface area contributed by atoms with Crippen LogP contribution in [0, 0.1) is 0 Å². The molecule has 1 aromatic carbocycles. The summed E-state index contributed by atoms with van der Waals surface area (Å²) in [5.74, 6) is 0.385. The summed E-state index contributed by atoms with van der Waals surface area (Å²) in [4.78, 5) is 28.7. The van der Waals surface area contributed by atoms with Crippen LogP contribution in [0.15, 0.2) is 24.3 Å². The zero-order chi connectivity index (χ0) is 18.1. The fraction of sp³-hybridized carbons (Fsp3) is 0.556. The molecular weight excluding hydrogens is 391 g/mol. The van der Waals surface area contributed by atoms with Gasteiger partial charge in [-0.2, -0.15) is 0 Å². The maximum Gasteiger partial charge on any atom is 0.244 e. The second-order valence-corrected chi connectivity index (χ2v) is 6.09. The van der Waals surface area contributed by atoms with Crippen LogP contribution in [0.5, 0.6) is 5.75 Å². The molecule has 7 nitrogen and oxygen atoms in total. The molecule has 27 heavy (non-hydrogen) atoms. The molecule has 1 fully saturated rings. The van der Waals surface area contributed by atoms with E-state index in [4.69, 9.17) is 4.74 Å². The molecule has 0 atom stereocenters. The summed E-state index contributed by atoms with van der Waals surface area (Å²) in [6, 6.07) is 7.24. The first kappa shape index (κ1) is 25.5. The number of benzene rings is 1. The molecular formula is C18H30Cl2N4O3. The molecule has 1 heterocycles. The molecule has 0 unspecified atom stereocenters. The van der Waals surface area contributed by atoms with Crippen LogP contribution in [-0.2, 0) is 9.59 Å². The molecule has 0 saturated carbocycles. The van der Waals surface area contributed by atoms with Crippen LogP contribution in [0.4, 0.5) is 5.69 Å². The van der Waals surface area contributed by atoms with E-state index in [1.54, 1.807) is 24.1 Å². The van der Waals surface area contributed by atoms with Crippen molar-refractivity contribution in [2.24, 2.45) is 0 Å². The molecule has 2 N–H and O–H groups in total. The largest absolute Gasteiger partial charge is 0.495 e. The smallest absolute Gasteiger partial charge is 0.244 e. The average Bonchev–Trinajstić information content (AvgIpc) is 2.62. The number of carbonyl (C=O) groups excluding carboxylic acids is 2. The number of methoxy groups -OCH3 is 1. The summed E-state index contributed by atoms with van der Waals surface area (Å²) in [6.07, 6.45) is 0.815. The van der Waals surface area contributed by atoms with Gasteiger partial charge in [0.2, 0.25) is 11.8 Å². The van der Waals surface area contributed by atoms with Gasteiger partial charge in [0, 0.05) is 32.7 Å². The molecule has 2 rings (SSSR count). The number of para-hydroxylation sites is 2. The van der Waals surface area contributed by atoms with Crippen molar-refractivity contribution >= 4 is 42.3 Å². The van der Waals surface area contributed by atoms with Crippen molar-refractivity contribution in [2.75, 3.05) is 58.2 Å². The minimum Gasteiger partial charge on any atom is -0.495 e. The van der Waals surface area contributed by atoms with E-state index in [1.165, 1.54) is 0 Å². The molecule has 1 aromatic rings. The second-order valence-electron chi connectivity index (χ2n) is 6.09. The lowest BCUT2D eigenvalue weighted by atomic mass is 10.3. The van der Waals surface area contributed by atoms with E-state index in [9.17, 15) is 9.59 Å². The van der Waals surface area contributed by atoms with Gasteiger partial charge in [-0.15, -0.1) is 24.8 Å². The molecule has 0 spiro atoms. The van der Waals surface area contributed by atoms with E-state index in [-0.39, 0.29) is 43.2 Å². The Morgan fingerprint density at radius 2 is 1.89 bits per heavy atom. The lowest BCUT2D eigenvalue weighted by molar-refractivity contribution is -0.135. The summed E-state index contributed by atoms with van der Waals surface area (Å²) in [5, 5.41) is 6.10. The normalized spacial score (nSPS) is 13.7. The predicted octanol–water partition coefficient (Wildman–Crippen LogP) is 1.62. The molecule has 0 bridgehead atoms. The highest BCUT2D eigenvalue weighted by Gasteiger charge is 2.20. The molecule has 1 aliphatic rings. The van der Waals surface area contributed by atoms with Gasteiger partial charge in [0.15, 0.2) is 0 Å². The van der Waals surface area contributed by atoms with Crippen LogP contribution >= 0.6 is 24.8 Å². The van der Waals surface area contributed by atoms with Crippen molar-refractivity contribution in [3.8, 4) is 5.75 Å². The predicted molar refractivity (Wildman–Crippen MR) is 112 cm³/mol. The van der Waals surface area contributed by atoms with Gasteiger partial charge in [0.1, 0.15) is 5.75 Å². The molecule has 0 radical (unpaired) electrons. The fourth-order valence-electron chi connectivity index (χ4n) is 2.83. The summed E-state index contributed by atoms with van der Waals surface area (Å²) >= 11 is 0. The number of amides is 2. The minimum atomic E-state index is -0.216. The van der Waals surface area contributed by atoms with E-state index >= 15 is 0 Å². The lowest BCUT2D eigenvalue weighted by Crippen LogP contribution is -2.49. The highest BCUT2D eigenvalue weighted by atomic mass is 35.5. The SMILES string of the molecule is CCCN(CC(=O)Nc1ccccc1OC)C(=O)CN1CCNCC1.Cl.Cl. The van der Waals surface area contributed by atoms with Crippen molar-refractivity contribution in [1.29, 1.82) is 0 Å². The van der Waals surface area contributed by atoms with Crippen molar-refractivity contribution in [3.05, 3.63) is 24.3 Å². The maximum atomic E-state index is 12.6. The van der Waals surface area contributed by atoms with Crippen LogP contribution < -0.4 is 15.4 Å². The zero-order valence-electron chi connectivity index (χ0n) is 15.9. The standard InChI is InChI=1S/C18H28N4O3.2ClH/c1-3-10-22(18(24)14-21-11-8-19-9-12-21)13-17(23)20-15-6-4-5-7-16(15)25-2;;/h4-7,19H,3,8-14H2,1-2H3,(H,20,23);2*1H. The number of carbonyl (C=O) groups is 2. The van der Waals surface area contributed by atoms with Gasteiger partial charge in [-0.25, -0.2) is 0 Å². The topological polar surface area (TPSA) is 73.9 Å². The number of nitrogens with one attached hydrogen (secondary N) is 2. The van der Waals surface area contributed by atoms with Gasteiger partial charge in [0.05, 0.1) is 25.9 Å². The molecule has 1 aliphatic heterocycles. The van der Waals surface area contributed by atoms with E-state index < -0.39 is 0 Å². The van der Waals surface area contributed by atoms with Gasteiger partial charge in [-0.1, -0.05) is 19.1 Å². The molecule has 0 aromatic heterocycles. The summed E-state index contributed by atoms with van der Waals surface area (Å²) < 4.78 is 5.24. The van der Waals surface area contributed by atoms with E-state index in [1.807, 2.05) is 19.1 Å². The van der Waals surface area contributed by atoms with Crippen LogP contribution in [0.2, 0.25) is 0 Å². The van der Waals surface area contributed by atoms with Crippen molar-refractivity contribution in [3.63, 3.8) is 0 Å². The van der Waals surface area contributed by atoms with E-state index in [0.29, 0.717) is 24.5 Å². The number of hydrogen-bond acceptors (Lipinski definition) is 5. The lowest BCUT2D eigenvalue weighted by Gasteiger charge is -2.29. The van der Waals surface area contributed by atoms with Gasteiger partial charge in [0.25, 0.3) is 0 Å². The first-order chi connectivity index (χ1) is 12.1. The Balaban J connectivity index is 0.00000338. The molecule has 1 saturated heterocycles. The van der Waals surface area contributed by atoms with E-state index in [2.05, 4.69) is 15.5 Å². The van der Waals surface area contributed by atoms with Crippen molar-refractivity contribution < 1.29 is 14.3 Å². The number of nitrogens with zero attached hydrogens (tertiary/aromatic N) is 2. The Labute approximate surface area is 173 Å². The van der Waals surface area contributed by atoms with Crippen LogP contribution in [-0.4, -0.2) is 74.5 Å². The Morgan fingerprint density at radius 1 is 1.22 bits per heavy atom. The summed E-state index contributed by atoms with van der Waals surface area (Å²) in [5.41, 5.74) is 0.612.